The van der Waals surface area contributed by atoms with Gasteiger partial charge in [-0.3, -0.25) is 4.57 Å². The number of nitrogens with zero attached hydrogens (tertiary/aromatic N) is 2. The zero-order chi connectivity index (χ0) is 14.5. The fraction of sp³-hybridized carbons (Fsp3) is 0.385. The minimum Gasteiger partial charge on any atom is -0.270 e. The van der Waals surface area contributed by atoms with Crippen molar-refractivity contribution in [2.24, 2.45) is 0 Å². The lowest BCUT2D eigenvalue weighted by atomic mass is 10.2. The maximum absolute atomic E-state index is 11.6. The molecule has 0 aliphatic carbocycles. The van der Waals surface area contributed by atoms with E-state index in [2.05, 4.69) is 17.1 Å². The molecule has 1 N–H and O–H groups in total. The molecule has 20 heavy (non-hydrogen) atoms. The summed E-state index contributed by atoms with van der Waals surface area (Å²) in [5.41, 5.74) is 0.886. The van der Waals surface area contributed by atoms with Gasteiger partial charge in [0.25, 0.3) is 0 Å². The number of aromatic amines is 1. The monoisotopic (exact) mass is 331 g/mol. The van der Waals surface area contributed by atoms with E-state index in [0.717, 1.165) is 18.4 Å². The second kappa shape index (κ2) is 7.20. The number of unbranched alkanes of at least 4 members (excludes halogenated alkanes) is 1. The lowest BCUT2D eigenvalue weighted by molar-refractivity contribution is 0.573. The van der Waals surface area contributed by atoms with E-state index in [4.69, 9.17) is 23.2 Å². The average Bonchev–Trinajstić information content (AvgIpc) is 2.78. The number of halogens is 2. The fourth-order valence-electron chi connectivity index (χ4n) is 1.70. The predicted molar refractivity (Wildman–Crippen MR) is 83.8 cm³/mol. The fourth-order valence-corrected chi connectivity index (χ4v) is 2.94. The lowest BCUT2D eigenvalue weighted by Crippen LogP contribution is -2.17. The van der Waals surface area contributed by atoms with E-state index in [-0.39, 0.29) is 5.69 Å². The SMILES string of the molecule is CCCCn1c(SCc2ccc(Cl)c(Cl)c2)n[nH]c1=O. The van der Waals surface area contributed by atoms with Crippen molar-refractivity contribution in [2.75, 3.05) is 0 Å². The van der Waals surface area contributed by atoms with Gasteiger partial charge in [-0.2, -0.15) is 0 Å². The van der Waals surface area contributed by atoms with Crippen molar-refractivity contribution in [3.63, 3.8) is 0 Å². The molecule has 0 unspecified atom stereocenters. The summed E-state index contributed by atoms with van der Waals surface area (Å²) in [6.07, 6.45) is 1.99. The van der Waals surface area contributed by atoms with Crippen molar-refractivity contribution in [3.05, 3.63) is 44.3 Å². The Hall–Kier alpha value is -0.910. The molecule has 0 amide bonds. The predicted octanol–water partition coefficient (Wildman–Crippen LogP) is 3.97. The van der Waals surface area contributed by atoms with Crippen molar-refractivity contribution >= 4 is 35.0 Å². The molecule has 0 aliphatic heterocycles. The topological polar surface area (TPSA) is 50.7 Å². The van der Waals surface area contributed by atoms with E-state index in [0.29, 0.717) is 27.5 Å². The first-order valence-corrected chi connectivity index (χ1v) is 8.08. The van der Waals surface area contributed by atoms with Crippen LogP contribution in [0.25, 0.3) is 0 Å². The standard InChI is InChI=1S/C13H15Cl2N3OS/c1-2-3-6-18-12(19)16-17-13(18)20-8-9-4-5-10(14)11(15)7-9/h4-5,7H,2-3,6,8H2,1H3,(H,16,19). The van der Waals surface area contributed by atoms with Crippen molar-refractivity contribution in [2.45, 2.75) is 37.2 Å². The highest BCUT2D eigenvalue weighted by Crippen LogP contribution is 2.26. The van der Waals surface area contributed by atoms with Gasteiger partial charge in [0.15, 0.2) is 5.16 Å². The van der Waals surface area contributed by atoms with E-state index in [9.17, 15) is 4.79 Å². The molecule has 0 radical (unpaired) electrons. The molecular formula is C13H15Cl2N3OS. The van der Waals surface area contributed by atoms with Crippen LogP contribution in [0.2, 0.25) is 10.0 Å². The molecule has 0 spiro atoms. The molecule has 108 valence electrons. The van der Waals surface area contributed by atoms with Crippen LogP contribution in [0.5, 0.6) is 0 Å². The third-order valence-electron chi connectivity index (χ3n) is 2.81. The van der Waals surface area contributed by atoms with Gasteiger partial charge < -0.3 is 0 Å². The van der Waals surface area contributed by atoms with Crippen LogP contribution in [0.4, 0.5) is 0 Å². The Morgan fingerprint density at radius 1 is 1.35 bits per heavy atom. The Kier molecular flexibility index (Phi) is 5.57. The van der Waals surface area contributed by atoms with E-state index in [1.54, 1.807) is 10.6 Å². The summed E-state index contributed by atoms with van der Waals surface area (Å²) in [5.74, 6) is 0.688. The number of H-pyrrole nitrogens is 1. The normalized spacial score (nSPS) is 10.9. The van der Waals surface area contributed by atoms with E-state index < -0.39 is 0 Å². The molecule has 0 fully saturated rings. The Morgan fingerprint density at radius 3 is 2.85 bits per heavy atom. The van der Waals surface area contributed by atoms with Gasteiger partial charge in [-0.25, -0.2) is 9.89 Å². The number of rotatable bonds is 6. The Labute approximate surface area is 131 Å². The first kappa shape index (κ1) is 15.5. The minimum atomic E-state index is -0.157. The van der Waals surface area contributed by atoms with Crippen LogP contribution in [-0.4, -0.2) is 14.8 Å². The Morgan fingerprint density at radius 2 is 2.15 bits per heavy atom. The average molecular weight is 332 g/mol. The molecule has 1 aromatic heterocycles. The smallest absolute Gasteiger partial charge is 0.270 e. The largest absolute Gasteiger partial charge is 0.343 e. The van der Waals surface area contributed by atoms with E-state index in [1.165, 1.54) is 11.8 Å². The number of hydrogen-bond donors (Lipinski definition) is 1. The zero-order valence-corrected chi connectivity index (χ0v) is 13.4. The van der Waals surface area contributed by atoms with Crippen LogP contribution < -0.4 is 5.69 Å². The zero-order valence-electron chi connectivity index (χ0n) is 11.0. The van der Waals surface area contributed by atoms with E-state index >= 15 is 0 Å². The molecule has 7 heteroatoms. The molecule has 2 aromatic rings. The molecule has 2 rings (SSSR count). The summed E-state index contributed by atoms with van der Waals surface area (Å²) in [4.78, 5) is 11.6. The molecule has 1 heterocycles. The molecule has 0 atom stereocenters. The highest BCUT2D eigenvalue weighted by atomic mass is 35.5. The second-order valence-corrected chi connectivity index (χ2v) is 6.11. The van der Waals surface area contributed by atoms with Gasteiger partial charge in [0.2, 0.25) is 0 Å². The summed E-state index contributed by atoms with van der Waals surface area (Å²) in [6, 6.07) is 5.52. The number of thioether (sulfide) groups is 1. The third-order valence-corrected chi connectivity index (χ3v) is 4.60. The summed E-state index contributed by atoms with van der Waals surface area (Å²) in [6.45, 7) is 2.78. The second-order valence-electron chi connectivity index (χ2n) is 4.35. The van der Waals surface area contributed by atoms with Gasteiger partial charge in [-0.15, -0.1) is 5.10 Å². The molecule has 0 bridgehead atoms. The maximum atomic E-state index is 11.6. The van der Waals surface area contributed by atoms with Gasteiger partial charge in [0.05, 0.1) is 10.0 Å². The number of benzene rings is 1. The van der Waals surface area contributed by atoms with Crippen molar-refractivity contribution in [1.82, 2.24) is 14.8 Å². The van der Waals surface area contributed by atoms with Gasteiger partial charge in [-0.1, -0.05) is 54.4 Å². The third kappa shape index (κ3) is 3.81. The van der Waals surface area contributed by atoms with Gasteiger partial charge >= 0.3 is 5.69 Å². The Balaban J connectivity index is 2.06. The summed E-state index contributed by atoms with van der Waals surface area (Å²) in [5, 5.41) is 8.33. The molecule has 0 aliphatic rings. The highest BCUT2D eigenvalue weighted by Gasteiger charge is 2.09. The van der Waals surface area contributed by atoms with Gasteiger partial charge in [0.1, 0.15) is 0 Å². The van der Waals surface area contributed by atoms with Crippen molar-refractivity contribution < 1.29 is 0 Å². The van der Waals surface area contributed by atoms with Crippen LogP contribution in [0.15, 0.2) is 28.2 Å². The number of hydrogen-bond acceptors (Lipinski definition) is 3. The van der Waals surface area contributed by atoms with Crippen LogP contribution in [0.1, 0.15) is 25.3 Å². The number of aromatic nitrogens is 3. The molecular weight excluding hydrogens is 317 g/mol. The maximum Gasteiger partial charge on any atom is 0.343 e. The van der Waals surface area contributed by atoms with Gasteiger partial charge in [0, 0.05) is 12.3 Å². The quantitative estimate of drug-likeness (QED) is 0.815. The van der Waals surface area contributed by atoms with Crippen LogP contribution >= 0.6 is 35.0 Å². The van der Waals surface area contributed by atoms with Crippen molar-refractivity contribution in [1.29, 1.82) is 0 Å². The number of nitrogens with one attached hydrogen (secondary N) is 1. The molecule has 0 saturated heterocycles. The van der Waals surface area contributed by atoms with Crippen LogP contribution in [-0.2, 0) is 12.3 Å². The van der Waals surface area contributed by atoms with Crippen LogP contribution in [0.3, 0.4) is 0 Å². The summed E-state index contributed by atoms with van der Waals surface area (Å²) < 4.78 is 1.67. The molecule has 1 aromatic carbocycles. The lowest BCUT2D eigenvalue weighted by Gasteiger charge is -2.05. The first-order chi connectivity index (χ1) is 9.61. The Bertz CT molecular complexity index is 639. The highest BCUT2D eigenvalue weighted by molar-refractivity contribution is 7.98. The van der Waals surface area contributed by atoms with Crippen LogP contribution in [0, 0.1) is 0 Å². The minimum absolute atomic E-state index is 0.157. The van der Waals surface area contributed by atoms with Crippen molar-refractivity contribution in [3.8, 4) is 0 Å². The first-order valence-electron chi connectivity index (χ1n) is 6.33. The van der Waals surface area contributed by atoms with Gasteiger partial charge in [-0.05, 0) is 24.1 Å². The summed E-state index contributed by atoms with van der Waals surface area (Å²) in [7, 11) is 0. The van der Waals surface area contributed by atoms with E-state index in [1.807, 2.05) is 12.1 Å². The molecule has 4 nitrogen and oxygen atoms in total. The molecule has 0 saturated carbocycles. The summed E-state index contributed by atoms with van der Waals surface area (Å²) >= 11 is 13.4.